The van der Waals surface area contributed by atoms with Gasteiger partial charge in [-0.25, -0.2) is 15.0 Å². The molecule has 0 fully saturated rings. The molecule has 0 aliphatic carbocycles. The molecule has 0 aromatic carbocycles. The van der Waals surface area contributed by atoms with E-state index in [1.54, 1.807) is 30.8 Å². The Morgan fingerprint density at radius 1 is 1.45 bits per heavy atom. The number of aromatic nitrogens is 4. The summed E-state index contributed by atoms with van der Waals surface area (Å²) in [5, 5.41) is 0. The van der Waals surface area contributed by atoms with E-state index < -0.39 is 0 Å². The van der Waals surface area contributed by atoms with Gasteiger partial charge in [0, 0.05) is 6.26 Å². The van der Waals surface area contributed by atoms with Crippen molar-refractivity contribution < 1.29 is 0 Å². The van der Waals surface area contributed by atoms with Crippen LogP contribution >= 0.6 is 11.9 Å². The highest BCUT2D eigenvalue weighted by atomic mass is 32.2. The largest absolute Gasteiger partial charge is 0.256 e. The van der Waals surface area contributed by atoms with Crippen LogP contribution in [0.1, 0.15) is 0 Å². The second-order valence-electron chi connectivity index (χ2n) is 1.98. The van der Waals surface area contributed by atoms with Crippen molar-refractivity contribution in [2.45, 2.75) is 0 Å². The van der Waals surface area contributed by atoms with Gasteiger partial charge < -0.3 is 0 Å². The van der Waals surface area contributed by atoms with Gasteiger partial charge in [-0.05, 0) is 11.9 Å². The second kappa shape index (κ2) is 2.50. The van der Waals surface area contributed by atoms with E-state index in [0.717, 1.165) is 11.5 Å². The van der Waals surface area contributed by atoms with Gasteiger partial charge in [-0.1, -0.05) is 0 Å². The Kier molecular flexibility index (Phi) is 1.50. The van der Waals surface area contributed by atoms with Crippen LogP contribution in [-0.2, 0) is 0 Å². The van der Waals surface area contributed by atoms with Gasteiger partial charge in [0.15, 0.2) is 5.82 Å². The van der Waals surface area contributed by atoms with Gasteiger partial charge in [0.25, 0.3) is 0 Å². The van der Waals surface area contributed by atoms with Crippen molar-refractivity contribution in [2.24, 2.45) is 0 Å². The molecule has 0 N–H and O–H groups in total. The smallest absolute Gasteiger partial charge is 0.173 e. The highest BCUT2D eigenvalue weighted by molar-refractivity contribution is 7.97. The fraction of sp³-hybridized carbons (Fsp3) is 0.167. The van der Waals surface area contributed by atoms with Gasteiger partial charge in [0.05, 0.1) is 6.20 Å². The minimum Gasteiger partial charge on any atom is -0.256 e. The van der Waals surface area contributed by atoms with Crippen molar-refractivity contribution in [1.29, 1.82) is 0 Å². The lowest BCUT2D eigenvalue weighted by atomic mass is 10.4. The molecule has 0 saturated heterocycles. The fourth-order valence-corrected chi connectivity index (χ4v) is 1.35. The summed E-state index contributed by atoms with van der Waals surface area (Å²) >= 11 is 1.55. The maximum absolute atomic E-state index is 4.08. The van der Waals surface area contributed by atoms with Crippen LogP contribution in [0, 0.1) is 0 Å². The molecule has 0 bridgehead atoms. The first kappa shape index (κ1) is 6.60. The normalized spacial score (nSPS) is 10.6. The molecular formula is C6H6N4S. The van der Waals surface area contributed by atoms with E-state index in [9.17, 15) is 0 Å². The summed E-state index contributed by atoms with van der Waals surface area (Å²) in [6, 6.07) is 0. The first-order valence-electron chi connectivity index (χ1n) is 3.09. The second-order valence-corrected chi connectivity index (χ2v) is 2.74. The molecule has 0 aromatic rings. The standard InChI is InChI=1S/C6H6N4S/c1-11-10-4-7-2-5-6(10)9-3-8-5/h2-4H,1H3. The molecule has 2 aliphatic heterocycles. The third-order valence-corrected chi connectivity index (χ3v) is 2.04. The molecule has 0 saturated carbocycles. The minimum absolute atomic E-state index is 0.835. The highest BCUT2D eigenvalue weighted by Crippen LogP contribution is 2.17. The summed E-state index contributed by atoms with van der Waals surface area (Å²) < 4.78 is 1.88. The van der Waals surface area contributed by atoms with E-state index in [1.807, 2.05) is 10.2 Å². The number of rotatable bonds is 1. The first-order chi connectivity index (χ1) is 5.42. The van der Waals surface area contributed by atoms with Crippen LogP contribution in [0.25, 0.3) is 11.5 Å². The van der Waals surface area contributed by atoms with Crippen LogP contribution in [-0.4, -0.2) is 25.2 Å². The van der Waals surface area contributed by atoms with E-state index in [4.69, 9.17) is 0 Å². The zero-order chi connectivity index (χ0) is 7.68. The molecule has 4 nitrogen and oxygen atoms in total. The summed E-state index contributed by atoms with van der Waals surface area (Å²) in [6.45, 7) is 0. The molecule has 2 rings (SSSR count). The zero-order valence-electron chi connectivity index (χ0n) is 5.93. The van der Waals surface area contributed by atoms with Crippen LogP contribution < -0.4 is 0 Å². The van der Waals surface area contributed by atoms with E-state index >= 15 is 0 Å². The Balaban J connectivity index is 2.66. The Bertz CT molecular complexity index is 331. The predicted molar refractivity (Wildman–Crippen MR) is 43.4 cm³/mol. The summed E-state index contributed by atoms with van der Waals surface area (Å²) in [5.41, 5.74) is 0.835. The van der Waals surface area contributed by atoms with Crippen LogP contribution in [0.2, 0.25) is 0 Å². The monoisotopic (exact) mass is 166 g/mol. The number of imidazole rings is 1. The Labute approximate surface area is 68.2 Å². The van der Waals surface area contributed by atoms with Crippen molar-refractivity contribution >= 4 is 11.9 Å². The number of hydrogen-bond donors (Lipinski definition) is 0. The topological polar surface area (TPSA) is 43.6 Å². The fourth-order valence-electron chi connectivity index (χ4n) is 0.883. The summed E-state index contributed by atoms with van der Waals surface area (Å²) in [4.78, 5) is 12.1. The number of nitrogens with zero attached hydrogens (tertiary/aromatic N) is 4. The van der Waals surface area contributed by atoms with Crippen LogP contribution in [0.3, 0.4) is 0 Å². The van der Waals surface area contributed by atoms with E-state index in [1.165, 1.54) is 0 Å². The van der Waals surface area contributed by atoms with Gasteiger partial charge in [0.2, 0.25) is 0 Å². The van der Waals surface area contributed by atoms with Crippen molar-refractivity contribution in [2.75, 3.05) is 6.26 Å². The Morgan fingerprint density at radius 3 is 3.18 bits per heavy atom. The molecule has 56 valence electrons. The Morgan fingerprint density at radius 2 is 2.36 bits per heavy atom. The lowest BCUT2D eigenvalue weighted by Gasteiger charge is -2.03. The van der Waals surface area contributed by atoms with Gasteiger partial charge in [-0.2, -0.15) is 0 Å². The molecule has 2 heterocycles. The lowest BCUT2D eigenvalue weighted by molar-refractivity contribution is 1.07. The molecule has 0 unspecified atom stereocenters. The molecular weight excluding hydrogens is 160 g/mol. The number of fused-ring (bicyclic) bond motifs is 1. The lowest BCUT2D eigenvalue weighted by Crippen LogP contribution is -1.95. The van der Waals surface area contributed by atoms with Crippen LogP contribution in [0.15, 0.2) is 18.9 Å². The number of hydrogen-bond acceptors (Lipinski definition) is 4. The summed E-state index contributed by atoms with van der Waals surface area (Å²) in [7, 11) is 0. The van der Waals surface area contributed by atoms with Gasteiger partial charge >= 0.3 is 0 Å². The molecule has 0 atom stereocenters. The first-order valence-corrected chi connectivity index (χ1v) is 4.27. The van der Waals surface area contributed by atoms with Crippen molar-refractivity contribution in [3.63, 3.8) is 0 Å². The quantitative estimate of drug-likeness (QED) is 0.631. The van der Waals surface area contributed by atoms with Gasteiger partial charge in [-0.3, -0.25) is 3.97 Å². The maximum atomic E-state index is 4.08. The molecule has 2 aliphatic rings. The predicted octanol–water partition coefficient (Wildman–Crippen LogP) is 0.904. The van der Waals surface area contributed by atoms with Gasteiger partial charge in [-0.15, -0.1) is 0 Å². The SMILES string of the molecule is CSn1cncc2ncnc1-2. The van der Waals surface area contributed by atoms with Crippen LogP contribution in [0.4, 0.5) is 0 Å². The average molecular weight is 166 g/mol. The summed E-state index contributed by atoms with van der Waals surface area (Å²) in [5.74, 6) is 0.868. The van der Waals surface area contributed by atoms with Gasteiger partial charge in [0.1, 0.15) is 18.3 Å². The molecule has 0 aromatic heterocycles. The molecule has 0 spiro atoms. The van der Waals surface area contributed by atoms with E-state index in [-0.39, 0.29) is 0 Å². The maximum Gasteiger partial charge on any atom is 0.173 e. The van der Waals surface area contributed by atoms with Crippen molar-refractivity contribution in [1.82, 2.24) is 18.9 Å². The van der Waals surface area contributed by atoms with Crippen molar-refractivity contribution in [3.8, 4) is 11.5 Å². The third kappa shape index (κ3) is 0.970. The molecule has 5 heteroatoms. The van der Waals surface area contributed by atoms with E-state index in [0.29, 0.717) is 0 Å². The molecule has 0 radical (unpaired) electrons. The van der Waals surface area contributed by atoms with Crippen molar-refractivity contribution in [3.05, 3.63) is 18.9 Å². The minimum atomic E-state index is 0.835. The average Bonchev–Trinajstić information content (AvgIpc) is 2.50. The molecule has 11 heavy (non-hydrogen) atoms. The zero-order valence-corrected chi connectivity index (χ0v) is 6.75. The Hall–Kier alpha value is -1.10. The van der Waals surface area contributed by atoms with E-state index in [2.05, 4.69) is 15.0 Å². The third-order valence-electron chi connectivity index (χ3n) is 1.38. The highest BCUT2D eigenvalue weighted by Gasteiger charge is 2.07. The van der Waals surface area contributed by atoms with Crippen LogP contribution in [0.5, 0.6) is 0 Å². The summed E-state index contributed by atoms with van der Waals surface area (Å²) in [6.07, 6.45) is 6.94. The molecule has 0 amide bonds.